The van der Waals surface area contributed by atoms with Gasteiger partial charge in [-0.3, -0.25) is 0 Å². The molecular weight excluding hydrogens is 192 g/mol. The zero-order chi connectivity index (χ0) is 10.6. The first-order valence-corrected chi connectivity index (χ1v) is 7.91. The Kier molecular flexibility index (Phi) is 3.26. The molecule has 14 heavy (non-hydrogen) atoms. The molecule has 4 heteroatoms. The largest absolute Gasteiger partial charge is 0.481 e. The molecule has 0 aliphatic rings. The van der Waals surface area contributed by atoms with Crippen LogP contribution >= 0.6 is 0 Å². The molecule has 1 heterocycles. The average molecular weight is 206 g/mol. The van der Waals surface area contributed by atoms with Crippen molar-refractivity contribution in [1.82, 2.24) is 9.97 Å². The molecule has 0 aromatic carbocycles. The molecule has 3 nitrogen and oxygen atoms in total. The first-order valence-electron chi connectivity index (χ1n) is 4.41. The molecule has 0 saturated carbocycles. The van der Waals surface area contributed by atoms with Crippen LogP contribution in [0, 0.1) is 11.5 Å². The highest BCUT2D eigenvalue weighted by Gasteiger charge is 2.07. The van der Waals surface area contributed by atoms with Crippen molar-refractivity contribution in [3.8, 4) is 17.3 Å². The van der Waals surface area contributed by atoms with Gasteiger partial charge in [0, 0.05) is 12.3 Å². The lowest BCUT2D eigenvalue weighted by molar-refractivity contribution is 0.396. The summed E-state index contributed by atoms with van der Waals surface area (Å²) < 4.78 is 4.98. The fraction of sp³-hybridized carbons (Fsp3) is 0.400. The third-order valence-corrected chi connectivity index (χ3v) is 2.26. The van der Waals surface area contributed by atoms with E-state index in [1.807, 2.05) is 0 Å². The van der Waals surface area contributed by atoms with Crippen LogP contribution in [0.15, 0.2) is 12.3 Å². The van der Waals surface area contributed by atoms with E-state index in [4.69, 9.17) is 4.74 Å². The Labute approximate surface area is 85.6 Å². The van der Waals surface area contributed by atoms with Crippen LogP contribution in [0.25, 0.3) is 0 Å². The van der Waals surface area contributed by atoms with Crippen LogP contribution in [0.4, 0.5) is 0 Å². The molecule has 0 bridgehead atoms. The molecule has 0 atom stereocenters. The van der Waals surface area contributed by atoms with Crippen LogP contribution in [0.5, 0.6) is 5.88 Å². The van der Waals surface area contributed by atoms with Crippen LogP contribution < -0.4 is 4.74 Å². The Bertz CT molecular complexity index is 374. The summed E-state index contributed by atoms with van der Waals surface area (Å²) >= 11 is 0. The van der Waals surface area contributed by atoms with Crippen LogP contribution in [0.3, 0.4) is 0 Å². The maximum atomic E-state index is 4.98. The monoisotopic (exact) mass is 206 g/mol. The molecular formula is C10H14N2OSi. The molecule has 74 valence electrons. The van der Waals surface area contributed by atoms with Gasteiger partial charge in [0.15, 0.2) is 0 Å². The molecule has 0 spiro atoms. The quantitative estimate of drug-likeness (QED) is 0.518. The number of methoxy groups -OCH3 is 1. The molecule has 1 rings (SSSR count). The Hall–Kier alpha value is -1.34. The number of hydrogen-bond donors (Lipinski definition) is 0. The van der Waals surface area contributed by atoms with Gasteiger partial charge in [0.2, 0.25) is 11.7 Å². The van der Waals surface area contributed by atoms with Crippen LogP contribution in [0.1, 0.15) is 5.82 Å². The lowest BCUT2D eigenvalue weighted by Gasteiger charge is -2.03. The van der Waals surface area contributed by atoms with E-state index in [0.717, 1.165) is 0 Å². The predicted octanol–water partition coefficient (Wildman–Crippen LogP) is 1.71. The summed E-state index contributed by atoms with van der Waals surface area (Å²) in [6, 6.07) is 1.71. The molecule has 0 amide bonds. The van der Waals surface area contributed by atoms with Crippen molar-refractivity contribution in [3.63, 3.8) is 0 Å². The summed E-state index contributed by atoms with van der Waals surface area (Å²) in [6.45, 7) is 6.54. The van der Waals surface area contributed by atoms with Gasteiger partial charge < -0.3 is 4.74 Å². The van der Waals surface area contributed by atoms with E-state index in [1.54, 1.807) is 19.4 Å². The zero-order valence-corrected chi connectivity index (χ0v) is 9.96. The summed E-state index contributed by atoms with van der Waals surface area (Å²) in [5.41, 5.74) is 3.20. The van der Waals surface area contributed by atoms with Crippen molar-refractivity contribution in [2.75, 3.05) is 7.11 Å². The molecule has 0 aliphatic heterocycles. The average Bonchev–Trinajstić information content (AvgIpc) is 2.14. The van der Waals surface area contributed by atoms with E-state index in [2.05, 4.69) is 41.1 Å². The summed E-state index contributed by atoms with van der Waals surface area (Å²) in [5.74, 6) is 4.06. The Morgan fingerprint density at radius 3 is 2.64 bits per heavy atom. The molecule has 0 fully saturated rings. The maximum Gasteiger partial charge on any atom is 0.217 e. The molecule has 0 aliphatic carbocycles. The minimum absolute atomic E-state index is 0.534. The summed E-state index contributed by atoms with van der Waals surface area (Å²) in [7, 11) is 0.232. The zero-order valence-electron chi connectivity index (χ0n) is 8.96. The van der Waals surface area contributed by atoms with Gasteiger partial charge in [0.05, 0.1) is 7.11 Å². The maximum absolute atomic E-state index is 4.98. The fourth-order valence-electron chi connectivity index (χ4n) is 0.759. The summed E-state index contributed by atoms with van der Waals surface area (Å²) in [5, 5.41) is 0. The van der Waals surface area contributed by atoms with Crippen molar-refractivity contribution < 1.29 is 4.74 Å². The first kappa shape index (κ1) is 10.7. The Morgan fingerprint density at radius 2 is 2.07 bits per heavy atom. The molecule has 0 unspecified atom stereocenters. The van der Waals surface area contributed by atoms with Gasteiger partial charge in [-0.25, -0.2) is 4.98 Å². The van der Waals surface area contributed by atoms with Gasteiger partial charge in [-0.05, 0) is 5.92 Å². The SMILES string of the molecule is COc1ccnc(C#C[Si](C)(C)C)n1. The standard InChI is InChI=1S/C10H14N2OSi/c1-13-10-5-7-11-9(12-10)6-8-14(2,3)4/h5,7H,1-4H3. The third kappa shape index (κ3) is 3.58. The van der Waals surface area contributed by atoms with E-state index in [1.165, 1.54) is 0 Å². The van der Waals surface area contributed by atoms with Gasteiger partial charge in [-0.2, -0.15) is 4.98 Å². The Morgan fingerprint density at radius 1 is 1.36 bits per heavy atom. The van der Waals surface area contributed by atoms with Gasteiger partial charge >= 0.3 is 0 Å². The second kappa shape index (κ2) is 4.25. The summed E-state index contributed by atoms with van der Waals surface area (Å²) in [6.07, 6.45) is 1.65. The summed E-state index contributed by atoms with van der Waals surface area (Å²) in [4.78, 5) is 8.16. The lowest BCUT2D eigenvalue weighted by Crippen LogP contribution is -2.16. The topological polar surface area (TPSA) is 35.0 Å². The first-order chi connectivity index (χ1) is 6.51. The van der Waals surface area contributed by atoms with Gasteiger partial charge in [-0.15, -0.1) is 5.54 Å². The van der Waals surface area contributed by atoms with Crippen LogP contribution in [-0.4, -0.2) is 25.2 Å². The molecule has 1 aromatic rings. The van der Waals surface area contributed by atoms with Crippen LogP contribution in [0.2, 0.25) is 19.6 Å². The Balaban J connectivity index is 2.90. The molecule has 1 aromatic heterocycles. The van der Waals surface area contributed by atoms with Gasteiger partial charge in [0.1, 0.15) is 8.07 Å². The molecule has 0 saturated heterocycles. The minimum atomic E-state index is -1.35. The van der Waals surface area contributed by atoms with Crippen molar-refractivity contribution in [2.45, 2.75) is 19.6 Å². The van der Waals surface area contributed by atoms with Crippen molar-refractivity contribution in [2.24, 2.45) is 0 Å². The lowest BCUT2D eigenvalue weighted by atomic mass is 10.5. The van der Waals surface area contributed by atoms with Crippen molar-refractivity contribution >= 4 is 8.07 Å². The predicted molar refractivity (Wildman–Crippen MR) is 58.8 cm³/mol. The number of rotatable bonds is 1. The van der Waals surface area contributed by atoms with Crippen LogP contribution in [-0.2, 0) is 0 Å². The van der Waals surface area contributed by atoms with Gasteiger partial charge in [-0.1, -0.05) is 19.6 Å². The van der Waals surface area contributed by atoms with Crippen molar-refractivity contribution in [1.29, 1.82) is 0 Å². The van der Waals surface area contributed by atoms with E-state index in [-0.39, 0.29) is 0 Å². The van der Waals surface area contributed by atoms with E-state index >= 15 is 0 Å². The fourth-order valence-corrected chi connectivity index (χ4v) is 1.25. The number of hydrogen-bond acceptors (Lipinski definition) is 3. The van der Waals surface area contributed by atoms with E-state index in [0.29, 0.717) is 11.7 Å². The highest BCUT2D eigenvalue weighted by molar-refractivity contribution is 6.83. The van der Waals surface area contributed by atoms with E-state index in [9.17, 15) is 0 Å². The third-order valence-electron chi connectivity index (χ3n) is 1.39. The molecule has 0 N–H and O–H groups in total. The highest BCUT2D eigenvalue weighted by atomic mass is 28.3. The van der Waals surface area contributed by atoms with Crippen molar-refractivity contribution in [3.05, 3.63) is 18.1 Å². The highest BCUT2D eigenvalue weighted by Crippen LogP contribution is 2.03. The minimum Gasteiger partial charge on any atom is -0.481 e. The number of ether oxygens (including phenoxy) is 1. The second-order valence-corrected chi connectivity index (χ2v) is 8.67. The van der Waals surface area contributed by atoms with E-state index < -0.39 is 8.07 Å². The number of nitrogens with zero attached hydrogens (tertiary/aromatic N) is 2. The second-order valence-electron chi connectivity index (χ2n) is 3.92. The number of aromatic nitrogens is 2. The molecule has 0 radical (unpaired) electrons. The normalized spacial score (nSPS) is 10.3. The smallest absolute Gasteiger partial charge is 0.217 e. The van der Waals surface area contributed by atoms with Gasteiger partial charge in [0.25, 0.3) is 0 Å².